The van der Waals surface area contributed by atoms with Crippen LogP contribution in [-0.4, -0.2) is 51.7 Å². The van der Waals surface area contributed by atoms with Gasteiger partial charge >= 0.3 is 0 Å². The zero-order valence-corrected chi connectivity index (χ0v) is 14.5. The standard InChI is InChI=1S/C14H21F9OSi/c1-25(7-10(17)13(22)23)4-2-3-14(24-25,5-8(15)11(18)19)6-9(16)12(20)21/h8-13H,2-7H2,1H3. The van der Waals surface area contributed by atoms with Gasteiger partial charge < -0.3 is 4.43 Å². The molecule has 1 aliphatic heterocycles. The molecule has 1 nitrogen and oxygen atoms in total. The Labute approximate surface area is 141 Å². The highest BCUT2D eigenvalue weighted by Gasteiger charge is 2.50. The average Bonchev–Trinajstić information content (AvgIpc) is 2.45. The molecular formula is C14H21F9OSi. The highest BCUT2D eigenvalue weighted by molar-refractivity contribution is 6.72. The van der Waals surface area contributed by atoms with Crippen LogP contribution in [0.1, 0.15) is 25.7 Å². The lowest BCUT2D eigenvalue weighted by Gasteiger charge is -2.47. The molecule has 0 aromatic heterocycles. The van der Waals surface area contributed by atoms with E-state index in [1.807, 2.05) is 0 Å². The molecule has 0 N–H and O–H groups in total. The molecule has 0 radical (unpaired) electrons. The second kappa shape index (κ2) is 8.96. The number of hydrogen-bond acceptors (Lipinski definition) is 1. The van der Waals surface area contributed by atoms with Crippen LogP contribution in [-0.2, 0) is 4.43 Å². The van der Waals surface area contributed by atoms with Crippen LogP contribution in [0.15, 0.2) is 0 Å². The molecule has 1 fully saturated rings. The van der Waals surface area contributed by atoms with E-state index in [-0.39, 0.29) is 18.9 Å². The van der Waals surface area contributed by atoms with Crippen molar-refractivity contribution >= 4 is 8.32 Å². The van der Waals surface area contributed by atoms with Gasteiger partial charge in [0.1, 0.15) is 0 Å². The molecule has 0 aromatic carbocycles. The molecule has 1 heterocycles. The fourth-order valence-electron chi connectivity index (χ4n) is 3.31. The first-order valence-electron chi connectivity index (χ1n) is 7.86. The predicted octanol–water partition coefficient (Wildman–Crippen LogP) is 5.70. The Morgan fingerprint density at radius 3 is 1.64 bits per heavy atom. The lowest BCUT2D eigenvalue weighted by atomic mass is 9.86. The lowest BCUT2D eigenvalue weighted by molar-refractivity contribution is -0.0721. The van der Waals surface area contributed by atoms with Crippen molar-refractivity contribution in [1.29, 1.82) is 0 Å². The molecule has 0 saturated carbocycles. The molecule has 0 spiro atoms. The summed E-state index contributed by atoms with van der Waals surface area (Å²) in [4.78, 5) is 0. The van der Waals surface area contributed by atoms with Crippen LogP contribution in [0.3, 0.4) is 0 Å². The van der Waals surface area contributed by atoms with Crippen molar-refractivity contribution in [3.8, 4) is 0 Å². The topological polar surface area (TPSA) is 9.23 Å². The lowest BCUT2D eigenvalue weighted by Crippen LogP contribution is -2.54. The highest BCUT2D eigenvalue weighted by Crippen LogP contribution is 2.44. The molecule has 1 rings (SSSR count). The zero-order valence-electron chi connectivity index (χ0n) is 13.5. The van der Waals surface area contributed by atoms with Crippen LogP contribution in [0.5, 0.6) is 0 Å². The molecule has 0 aromatic rings. The van der Waals surface area contributed by atoms with Crippen molar-refractivity contribution in [1.82, 2.24) is 0 Å². The third-order valence-electron chi connectivity index (χ3n) is 4.38. The zero-order chi connectivity index (χ0) is 19.4. The first kappa shape index (κ1) is 22.6. The number of hydrogen-bond donors (Lipinski definition) is 0. The van der Waals surface area contributed by atoms with E-state index in [1.165, 1.54) is 6.55 Å². The Hall–Kier alpha value is -0.453. The van der Waals surface area contributed by atoms with Gasteiger partial charge in [0.05, 0.1) is 5.60 Å². The van der Waals surface area contributed by atoms with E-state index in [1.54, 1.807) is 0 Å². The molecule has 4 unspecified atom stereocenters. The molecule has 0 bridgehead atoms. The smallest absolute Gasteiger partial charge is 0.269 e. The van der Waals surface area contributed by atoms with Crippen molar-refractivity contribution in [2.45, 2.75) is 87.7 Å². The summed E-state index contributed by atoms with van der Waals surface area (Å²) < 4.78 is 121. The van der Waals surface area contributed by atoms with Gasteiger partial charge in [0.2, 0.25) is 0 Å². The Morgan fingerprint density at radius 1 is 0.800 bits per heavy atom. The molecule has 4 atom stereocenters. The quantitative estimate of drug-likeness (QED) is 0.354. The normalized spacial score (nSPS) is 31.6. The van der Waals surface area contributed by atoms with Crippen molar-refractivity contribution in [2.75, 3.05) is 0 Å². The first-order valence-corrected chi connectivity index (χ1v) is 10.7. The van der Waals surface area contributed by atoms with Gasteiger partial charge in [0, 0.05) is 18.9 Å². The van der Waals surface area contributed by atoms with Crippen LogP contribution < -0.4 is 0 Å². The SMILES string of the molecule is C[Si]1(CC(F)C(F)F)CCCC(CC(F)C(F)F)(CC(F)C(F)F)O1. The Bertz CT molecular complexity index is 396. The van der Waals surface area contributed by atoms with Gasteiger partial charge in [-0.3, -0.25) is 0 Å². The highest BCUT2D eigenvalue weighted by atomic mass is 28.4. The summed E-state index contributed by atoms with van der Waals surface area (Å²) in [6.45, 7) is 1.35. The molecule has 0 aliphatic carbocycles. The number of halogens is 9. The van der Waals surface area contributed by atoms with E-state index in [9.17, 15) is 39.5 Å². The number of rotatable bonds is 9. The molecule has 0 amide bonds. The minimum Gasteiger partial charge on any atom is -0.411 e. The minimum atomic E-state index is -3.42. The second-order valence-electron chi connectivity index (χ2n) is 6.75. The largest absolute Gasteiger partial charge is 0.411 e. The predicted molar refractivity (Wildman–Crippen MR) is 76.2 cm³/mol. The molecular weight excluding hydrogens is 383 g/mol. The summed E-state index contributed by atoms with van der Waals surface area (Å²) in [7, 11) is -3.28. The van der Waals surface area contributed by atoms with Crippen LogP contribution >= 0.6 is 0 Å². The summed E-state index contributed by atoms with van der Waals surface area (Å²) in [5.74, 6) is 0. The van der Waals surface area contributed by atoms with Crippen molar-refractivity contribution in [2.24, 2.45) is 0 Å². The number of alkyl halides is 9. The molecule has 25 heavy (non-hydrogen) atoms. The maximum absolute atomic E-state index is 13.5. The average molecular weight is 404 g/mol. The van der Waals surface area contributed by atoms with Gasteiger partial charge in [-0.25, -0.2) is 39.5 Å². The van der Waals surface area contributed by atoms with Crippen LogP contribution in [0.4, 0.5) is 39.5 Å². The Balaban J connectivity index is 3.00. The third kappa shape index (κ3) is 6.65. The fraction of sp³-hybridized carbons (Fsp3) is 1.00. The van der Waals surface area contributed by atoms with Gasteiger partial charge in [-0.1, -0.05) is 6.42 Å². The van der Waals surface area contributed by atoms with E-state index in [0.717, 1.165) is 0 Å². The maximum atomic E-state index is 13.5. The van der Waals surface area contributed by atoms with Crippen molar-refractivity contribution in [3.63, 3.8) is 0 Å². The third-order valence-corrected chi connectivity index (χ3v) is 7.97. The Morgan fingerprint density at radius 2 is 1.24 bits per heavy atom. The molecule has 11 heteroatoms. The monoisotopic (exact) mass is 404 g/mol. The van der Waals surface area contributed by atoms with Crippen LogP contribution in [0.25, 0.3) is 0 Å². The van der Waals surface area contributed by atoms with E-state index in [0.29, 0.717) is 0 Å². The van der Waals surface area contributed by atoms with Gasteiger partial charge in [-0.15, -0.1) is 0 Å². The summed E-state index contributed by atoms with van der Waals surface area (Å²) in [5.41, 5.74) is -1.97. The maximum Gasteiger partial charge on any atom is 0.269 e. The van der Waals surface area contributed by atoms with E-state index < -0.39 is 70.6 Å². The second-order valence-corrected chi connectivity index (χ2v) is 10.8. The molecule has 150 valence electrons. The minimum absolute atomic E-state index is 0.157. The first-order chi connectivity index (χ1) is 11.4. The van der Waals surface area contributed by atoms with Crippen molar-refractivity contribution < 1.29 is 43.9 Å². The van der Waals surface area contributed by atoms with Crippen LogP contribution in [0, 0.1) is 0 Å². The summed E-state index contributed by atoms with van der Waals surface area (Å²) in [6, 6.07) is -0.511. The van der Waals surface area contributed by atoms with Crippen molar-refractivity contribution in [3.05, 3.63) is 0 Å². The van der Waals surface area contributed by atoms with Gasteiger partial charge in [0.25, 0.3) is 19.3 Å². The summed E-state index contributed by atoms with van der Waals surface area (Å²) >= 11 is 0. The Kier molecular flexibility index (Phi) is 8.10. The van der Waals surface area contributed by atoms with E-state index >= 15 is 0 Å². The van der Waals surface area contributed by atoms with Crippen LogP contribution in [0.2, 0.25) is 18.6 Å². The fourth-order valence-corrected chi connectivity index (χ4v) is 6.95. The van der Waals surface area contributed by atoms with E-state index in [4.69, 9.17) is 4.43 Å². The summed E-state index contributed by atoms with van der Waals surface area (Å²) in [6.07, 6.45) is -20.2. The molecule has 1 aliphatic rings. The van der Waals surface area contributed by atoms with Gasteiger partial charge in [-0.2, -0.15) is 0 Å². The van der Waals surface area contributed by atoms with Gasteiger partial charge in [0.15, 0.2) is 26.8 Å². The van der Waals surface area contributed by atoms with E-state index in [2.05, 4.69) is 0 Å². The summed E-state index contributed by atoms with van der Waals surface area (Å²) in [5, 5.41) is 0. The van der Waals surface area contributed by atoms with Gasteiger partial charge in [-0.05, 0) is 19.0 Å². The molecule has 1 saturated heterocycles.